The topological polar surface area (TPSA) is 43.6 Å². The molecule has 0 fully saturated rings. The van der Waals surface area contributed by atoms with Crippen LogP contribution in [0.2, 0.25) is 0 Å². The van der Waals surface area contributed by atoms with Crippen molar-refractivity contribution in [1.29, 1.82) is 0 Å². The predicted octanol–water partition coefficient (Wildman–Crippen LogP) is 14.4. The van der Waals surface area contributed by atoms with E-state index in [-0.39, 0.29) is 0 Å². The van der Waals surface area contributed by atoms with E-state index in [0.717, 1.165) is 16.7 Å². The molecule has 0 saturated heterocycles. The Morgan fingerprint density at radius 3 is 1.44 bits per heavy atom. The van der Waals surface area contributed by atoms with E-state index < -0.39 is 0 Å². The summed E-state index contributed by atoms with van der Waals surface area (Å²) in [5.41, 5.74) is 8.86. The number of para-hydroxylation sites is 1. The van der Waals surface area contributed by atoms with Gasteiger partial charge in [-0.2, -0.15) is 0 Å². The van der Waals surface area contributed by atoms with Gasteiger partial charge in [-0.1, -0.05) is 109 Å². The third-order valence-corrected chi connectivity index (χ3v) is 13.4. The molecule has 4 heterocycles. The molecule has 0 unspecified atom stereocenters. The van der Waals surface area contributed by atoms with Crippen LogP contribution in [0.15, 0.2) is 182 Å². The molecule has 57 heavy (non-hydrogen) atoms. The summed E-state index contributed by atoms with van der Waals surface area (Å²) in [6.07, 6.45) is 0. The normalized spacial score (nSPS) is 11.9. The van der Waals surface area contributed by atoms with Crippen LogP contribution < -0.4 is 0 Å². The molecule has 12 rings (SSSR count). The largest absolute Gasteiger partial charge is 0.309 e. The van der Waals surface area contributed by atoms with Gasteiger partial charge in [0.2, 0.25) is 0 Å². The van der Waals surface area contributed by atoms with Crippen molar-refractivity contribution in [1.82, 2.24) is 19.5 Å². The van der Waals surface area contributed by atoms with Gasteiger partial charge in [-0.3, -0.25) is 0 Å². The highest BCUT2D eigenvalue weighted by molar-refractivity contribution is 7.26. The predicted molar refractivity (Wildman–Crippen MR) is 242 cm³/mol. The van der Waals surface area contributed by atoms with E-state index in [9.17, 15) is 0 Å². The minimum absolute atomic E-state index is 0.660. The first-order chi connectivity index (χ1) is 28.2. The maximum atomic E-state index is 5.02. The summed E-state index contributed by atoms with van der Waals surface area (Å²) in [4.78, 5) is 14.9. The Labute approximate surface area is 335 Å². The molecule has 8 aromatic carbocycles. The van der Waals surface area contributed by atoms with E-state index in [1.807, 2.05) is 83.3 Å². The molecule has 0 spiro atoms. The van der Waals surface area contributed by atoms with Crippen molar-refractivity contribution in [3.8, 4) is 51.0 Å². The van der Waals surface area contributed by atoms with Crippen molar-refractivity contribution < 1.29 is 0 Å². The second-order valence-electron chi connectivity index (χ2n) is 14.4. The Balaban J connectivity index is 0.984. The monoisotopic (exact) mass is 762 g/mol. The molecule has 0 aliphatic heterocycles. The highest BCUT2D eigenvalue weighted by Gasteiger charge is 2.17. The van der Waals surface area contributed by atoms with Crippen molar-refractivity contribution in [2.24, 2.45) is 0 Å². The van der Waals surface area contributed by atoms with Crippen molar-refractivity contribution in [3.63, 3.8) is 0 Å². The summed E-state index contributed by atoms with van der Waals surface area (Å²) in [6, 6.07) is 65.1. The van der Waals surface area contributed by atoms with Gasteiger partial charge in [0.1, 0.15) is 0 Å². The molecule has 0 amide bonds. The number of benzene rings is 8. The fourth-order valence-corrected chi connectivity index (χ4v) is 10.5. The first-order valence-corrected chi connectivity index (χ1v) is 20.6. The van der Waals surface area contributed by atoms with E-state index in [2.05, 4.69) is 126 Å². The number of hydrogen-bond donors (Lipinski definition) is 0. The number of thiophene rings is 2. The Morgan fingerprint density at radius 2 is 0.754 bits per heavy atom. The molecule has 0 aliphatic rings. The lowest BCUT2D eigenvalue weighted by atomic mass is 10.00. The van der Waals surface area contributed by atoms with E-state index >= 15 is 0 Å². The van der Waals surface area contributed by atoms with Crippen LogP contribution >= 0.6 is 22.7 Å². The van der Waals surface area contributed by atoms with Gasteiger partial charge in [0.05, 0.1) is 11.0 Å². The van der Waals surface area contributed by atoms with Gasteiger partial charge in [-0.25, -0.2) is 15.0 Å². The second-order valence-corrected chi connectivity index (χ2v) is 16.6. The van der Waals surface area contributed by atoms with Gasteiger partial charge in [0, 0.05) is 73.5 Å². The van der Waals surface area contributed by atoms with Crippen LogP contribution in [0.25, 0.3) is 113 Å². The highest BCUT2D eigenvalue weighted by atomic mass is 32.1. The smallest absolute Gasteiger partial charge is 0.164 e. The molecule has 12 aromatic rings. The van der Waals surface area contributed by atoms with E-state index in [0.29, 0.717) is 17.5 Å². The minimum Gasteiger partial charge on any atom is -0.309 e. The maximum Gasteiger partial charge on any atom is 0.164 e. The van der Waals surface area contributed by atoms with Crippen LogP contribution in [-0.2, 0) is 0 Å². The Kier molecular flexibility index (Phi) is 7.24. The van der Waals surface area contributed by atoms with Crippen molar-refractivity contribution in [2.75, 3.05) is 0 Å². The van der Waals surface area contributed by atoms with Gasteiger partial charge in [-0.15, -0.1) is 22.7 Å². The maximum absolute atomic E-state index is 5.02. The lowest BCUT2D eigenvalue weighted by Crippen LogP contribution is -2.00. The van der Waals surface area contributed by atoms with Crippen LogP contribution in [-0.4, -0.2) is 19.5 Å². The van der Waals surface area contributed by atoms with Crippen LogP contribution in [0.5, 0.6) is 0 Å². The first kappa shape index (κ1) is 32.3. The van der Waals surface area contributed by atoms with Gasteiger partial charge in [-0.05, 0) is 83.9 Å². The van der Waals surface area contributed by atoms with Gasteiger partial charge < -0.3 is 4.57 Å². The molecular formula is C51H30N4S2. The fraction of sp³-hybridized carbons (Fsp3) is 0. The summed E-state index contributed by atoms with van der Waals surface area (Å²) in [5, 5.41) is 7.54. The van der Waals surface area contributed by atoms with Crippen LogP contribution in [0.4, 0.5) is 0 Å². The molecule has 6 heteroatoms. The summed E-state index contributed by atoms with van der Waals surface area (Å²) in [7, 11) is 0. The summed E-state index contributed by atoms with van der Waals surface area (Å²) >= 11 is 3.68. The molecule has 0 radical (unpaired) electrons. The minimum atomic E-state index is 0.660. The van der Waals surface area contributed by atoms with Crippen molar-refractivity contribution >= 4 is 84.8 Å². The molecule has 0 saturated carbocycles. The van der Waals surface area contributed by atoms with Crippen molar-refractivity contribution in [3.05, 3.63) is 182 Å². The zero-order chi connectivity index (χ0) is 37.5. The number of hydrogen-bond acceptors (Lipinski definition) is 5. The summed E-state index contributed by atoms with van der Waals surface area (Å²) in [6.45, 7) is 0. The SMILES string of the molecule is c1ccc(-c2nc(-c3ccccc3)nc(-c3ccc4sc5ccc(-c6ccc7c(c6)c6ccccc6n7-c6ccc7sc8ccccc8c7c6)cc5c4c3)n2)cc1. The highest BCUT2D eigenvalue weighted by Crippen LogP contribution is 2.41. The number of fused-ring (bicyclic) bond motifs is 9. The van der Waals surface area contributed by atoms with Gasteiger partial charge >= 0.3 is 0 Å². The molecule has 0 atom stereocenters. The molecule has 4 aromatic heterocycles. The average Bonchev–Trinajstić information content (AvgIpc) is 3.95. The number of nitrogens with zero attached hydrogens (tertiary/aromatic N) is 4. The lowest BCUT2D eigenvalue weighted by Gasteiger charge is -2.09. The molecule has 0 aliphatic carbocycles. The quantitative estimate of drug-likeness (QED) is 0.175. The zero-order valence-corrected chi connectivity index (χ0v) is 32.1. The molecular weight excluding hydrogens is 733 g/mol. The second kappa shape index (κ2) is 12.8. The zero-order valence-electron chi connectivity index (χ0n) is 30.4. The standard InChI is InChI=1S/C51H30N4S2/c1-3-11-31(12-4-1)49-52-50(32-13-5-2-6-14-32)54-51(53-49)35-21-25-47-41(29-35)40-28-34(20-24-46(40)57-47)33-19-23-44-39(27-33)37-15-7-9-17-43(37)55(44)36-22-26-48-42(30-36)38-16-8-10-18-45(38)56-48/h1-30H. The molecule has 266 valence electrons. The van der Waals surface area contributed by atoms with E-state index in [4.69, 9.17) is 15.0 Å². The van der Waals surface area contributed by atoms with Gasteiger partial charge in [0.15, 0.2) is 17.5 Å². The molecule has 0 bridgehead atoms. The third-order valence-electron chi connectivity index (χ3n) is 11.1. The summed E-state index contributed by atoms with van der Waals surface area (Å²) < 4.78 is 7.55. The summed E-state index contributed by atoms with van der Waals surface area (Å²) in [5.74, 6) is 1.98. The van der Waals surface area contributed by atoms with E-state index in [1.54, 1.807) is 0 Å². The molecule has 4 nitrogen and oxygen atoms in total. The third kappa shape index (κ3) is 5.30. The lowest BCUT2D eigenvalue weighted by molar-refractivity contribution is 1.07. The average molecular weight is 763 g/mol. The Hall–Kier alpha value is -6.99. The van der Waals surface area contributed by atoms with Crippen LogP contribution in [0.1, 0.15) is 0 Å². The number of rotatable bonds is 5. The van der Waals surface area contributed by atoms with Crippen LogP contribution in [0.3, 0.4) is 0 Å². The van der Waals surface area contributed by atoms with Gasteiger partial charge in [0.25, 0.3) is 0 Å². The van der Waals surface area contributed by atoms with Crippen molar-refractivity contribution in [2.45, 2.75) is 0 Å². The Morgan fingerprint density at radius 1 is 0.298 bits per heavy atom. The Bertz CT molecular complexity index is 3470. The number of aromatic nitrogens is 4. The fourth-order valence-electron chi connectivity index (χ4n) is 8.32. The first-order valence-electron chi connectivity index (χ1n) is 19.0. The van der Waals surface area contributed by atoms with E-state index in [1.165, 1.54) is 79.0 Å². The molecule has 0 N–H and O–H groups in total. The van der Waals surface area contributed by atoms with Crippen LogP contribution in [0, 0.1) is 0 Å².